The zero-order chi connectivity index (χ0) is 26.1. The van der Waals surface area contributed by atoms with Crippen molar-refractivity contribution in [3.63, 3.8) is 0 Å². The molecule has 4 aromatic rings. The Labute approximate surface area is 217 Å². The summed E-state index contributed by atoms with van der Waals surface area (Å²) in [6.07, 6.45) is 2.30. The van der Waals surface area contributed by atoms with Crippen LogP contribution in [0.3, 0.4) is 0 Å². The standard InChI is InChI=1S/C25H28N8O5/c1-36-21-19(38-13-16(34)12-32-6-8-37-9-7-32)3-2-17-20(21)30-25(33-5-4-26-23(17)33)31-24(35)15-10-18-22(27-11-15)29-14-28-18/h2-3,10-11,14,16,26,34H,4-9,12-13H2,1H3,(H,27,28,29)/t16-/m1/s1. The summed E-state index contributed by atoms with van der Waals surface area (Å²) in [7, 11) is 1.54. The Morgan fingerprint density at radius 2 is 2.13 bits per heavy atom. The number of hydrogen-bond donors (Lipinski definition) is 3. The molecule has 13 heteroatoms. The third kappa shape index (κ3) is 4.66. The Bertz CT molecular complexity index is 1560. The number of rotatable bonds is 7. The summed E-state index contributed by atoms with van der Waals surface area (Å²) in [6, 6.07) is 5.36. The third-order valence-corrected chi connectivity index (χ3v) is 6.63. The molecule has 3 aromatic heterocycles. The van der Waals surface area contributed by atoms with Crippen LogP contribution in [0.1, 0.15) is 10.4 Å². The van der Waals surface area contributed by atoms with Crippen molar-refractivity contribution >= 4 is 33.8 Å². The quantitative estimate of drug-likeness (QED) is 0.315. The van der Waals surface area contributed by atoms with Gasteiger partial charge < -0.3 is 29.6 Å². The molecule has 1 saturated heterocycles. The fourth-order valence-electron chi connectivity index (χ4n) is 4.77. The minimum absolute atomic E-state index is 0.0932. The Kier molecular flexibility index (Phi) is 6.62. The molecule has 5 heterocycles. The Morgan fingerprint density at radius 3 is 2.97 bits per heavy atom. The van der Waals surface area contributed by atoms with E-state index in [1.807, 2.05) is 10.6 Å². The number of aromatic amines is 1. The van der Waals surface area contributed by atoms with Gasteiger partial charge in [-0.05, 0) is 18.2 Å². The summed E-state index contributed by atoms with van der Waals surface area (Å²) in [5.74, 6) is 1.17. The number of hydrogen-bond acceptors (Lipinski definition) is 10. The van der Waals surface area contributed by atoms with E-state index < -0.39 is 12.0 Å². The molecule has 198 valence electrons. The number of nitrogens with one attached hydrogen (secondary N) is 2. The number of β-amino-alcohol motifs (C(OH)–C–C–N with tert-alkyl or cyclic N) is 1. The normalized spacial score (nSPS) is 16.9. The van der Waals surface area contributed by atoms with Crippen molar-refractivity contribution < 1.29 is 24.1 Å². The number of nitrogens with zero attached hydrogens (tertiary/aromatic N) is 6. The molecule has 0 spiro atoms. The molecule has 3 N–H and O–H groups in total. The molecular formula is C25H28N8O5. The molecule has 0 radical (unpaired) electrons. The van der Waals surface area contributed by atoms with E-state index in [2.05, 4.69) is 30.2 Å². The van der Waals surface area contributed by atoms with E-state index in [4.69, 9.17) is 19.2 Å². The average Bonchev–Trinajstić information content (AvgIpc) is 3.62. The van der Waals surface area contributed by atoms with Crippen LogP contribution in [0.4, 0.5) is 5.82 Å². The number of anilines is 1. The minimum atomic E-state index is -0.678. The monoisotopic (exact) mass is 520 g/mol. The molecular weight excluding hydrogens is 492 g/mol. The van der Waals surface area contributed by atoms with Gasteiger partial charge in [0.2, 0.25) is 5.62 Å². The van der Waals surface area contributed by atoms with Crippen molar-refractivity contribution in [1.29, 1.82) is 0 Å². The first-order chi connectivity index (χ1) is 18.6. The van der Waals surface area contributed by atoms with Gasteiger partial charge in [0.05, 0.1) is 37.7 Å². The zero-order valence-corrected chi connectivity index (χ0v) is 20.9. The topological polar surface area (TPSA) is 152 Å². The van der Waals surface area contributed by atoms with Crippen molar-refractivity contribution in [2.24, 2.45) is 4.99 Å². The summed E-state index contributed by atoms with van der Waals surface area (Å²) in [5.41, 5.74) is 2.24. The van der Waals surface area contributed by atoms with E-state index in [1.165, 1.54) is 19.6 Å². The van der Waals surface area contributed by atoms with Crippen molar-refractivity contribution in [2.45, 2.75) is 12.6 Å². The predicted octanol–water partition coefficient (Wildman–Crippen LogP) is 0.555. The SMILES string of the molecule is COc1c(OC[C@H](O)CN2CCOCC2)ccc2c3n(c(=NC(=O)c4cnc5nc[nH]c5c4)nc12)CCN3. The van der Waals surface area contributed by atoms with Crippen LogP contribution in [-0.2, 0) is 11.3 Å². The van der Waals surface area contributed by atoms with Crippen LogP contribution in [0.25, 0.3) is 22.1 Å². The summed E-state index contributed by atoms with van der Waals surface area (Å²) in [4.78, 5) is 35.5. The Morgan fingerprint density at radius 1 is 1.26 bits per heavy atom. The number of benzene rings is 1. The second-order valence-electron chi connectivity index (χ2n) is 9.12. The number of aromatic nitrogens is 5. The van der Waals surface area contributed by atoms with Gasteiger partial charge in [0.1, 0.15) is 24.0 Å². The maximum atomic E-state index is 13.1. The molecule has 6 rings (SSSR count). The highest BCUT2D eigenvalue weighted by Crippen LogP contribution is 2.37. The molecule has 1 aromatic carbocycles. The largest absolute Gasteiger partial charge is 0.491 e. The van der Waals surface area contributed by atoms with Crippen molar-refractivity contribution in [3.05, 3.63) is 41.9 Å². The van der Waals surface area contributed by atoms with Crippen molar-refractivity contribution in [2.75, 3.05) is 58.4 Å². The number of amides is 1. The third-order valence-electron chi connectivity index (χ3n) is 6.63. The summed E-state index contributed by atoms with van der Waals surface area (Å²) < 4.78 is 18.9. The average molecular weight is 521 g/mol. The molecule has 0 aliphatic carbocycles. The fraction of sp³-hybridized carbons (Fsp3) is 0.400. The maximum absolute atomic E-state index is 13.1. The molecule has 13 nitrogen and oxygen atoms in total. The summed E-state index contributed by atoms with van der Waals surface area (Å²) in [5, 5.41) is 14.7. The van der Waals surface area contributed by atoms with E-state index in [9.17, 15) is 9.90 Å². The van der Waals surface area contributed by atoms with Gasteiger partial charge in [0.15, 0.2) is 17.1 Å². The maximum Gasteiger partial charge on any atom is 0.281 e. The number of morpholine rings is 1. The molecule has 1 fully saturated rings. The van der Waals surface area contributed by atoms with Gasteiger partial charge in [-0.15, -0.1) is 0 Å². The number of imidazole rings is 1. The van der Waals surface area contributed by atoms with E-state index >= 15 is 0 Å². The number of aliphatic hydroxyl groups is 1. The number of aliphatic hydroxyl groups excluding tert-OH is 1. The van der Waals surface area contributed by atoms with Gasteiger partial charge in [-0.3, -0.25) is 14.3 Å². The van der Waals surface area contributed by atoms with Gasteiger partial charge in [-0.25, -0.2) is 15.0 Å². The molecule has 1 amide bonds. The smallest absolute Gasteiger partial charge is 0.281 e. The summed E-state index contributed by atoms with van der Waals surface area (Å²) >= 11 is 0. The molecule has 2 aliphatic heterocycles. The van der Waals surface area contributed by atoms with Crippen LogP contribution in [-0.4, -0.2) is 99.6 Å². The van der Waals surface area contributed by atoms with Crippen molar-refractivity contribution in [3.8, 4) is 11.5 Å². The lowest BCUT2D eigenvalue weighted by molar-refractivity contribution is 0.00447. The van der Waals surface area contributed by atoms with Gasteiger partial charge in [0.25, 0.3) is 5.91 Å². The van der Waals surface area contributed by atoms with Gasteiger partial charge in [-0.2, -0.15) is 4.99 Å². The van der Waals surface area contributed by atoms with E-state index in [0.717, 1.165) is 24.3 Å². The molecule has 0 bridgehead atoms. The lowest BCUT2D eigenvalue weighted by Crippen LogP contribution is -2.42. The van der Waals surface area contributed by atoms with Gasteiger partial charge in [0, 0.05) is 44.3 Å². The lowest BCUT2D eigenvalue weighted by Gasteiger charge is -2.28. The molecule has 0 saturated carbocycles. The summed E-state index contributed by atoms with van der Waals surface area (Å²) in [6.45, 7) is 4.77. The first-order valence-corrected chi connectivity index (χ1v) is 12.5. The molecule has 0 unspecified atom stereocenters. The zero-order valence-electron chi connectivity index (χ0n) is 20.9. The molecule has 1 atom stereocenters. The van der Waals surface area contributed by atoms with Gasteiger partial charge in [-0.1, -0.05) is 0 Å². The molecule has 38 heavy (non-hydrogen) atoms. The molecule has 2 aliphatic rings. The second-order valence-corrected chi connectivity index (χ2v) is 9.12. The highest BCUT2D eigenvalue weighted by atomic mass is 16.5. The van der Waals surface area contributed by atoms with E-state index in [1.54, 1.807) is 12.1 Å². The number of methoxy groups -OCH3 is 1. The number of carbonyl (C=O) groups is 1. The minimum Gasteiger partial charge on any atom is -0.491 e. The number of ether oxygens (including phenoxy) is 3. The number of carbonyl (C=O) groups excluding carboxylic acids is 1. The van der Waals surface area contributed by atoms with Crippen LogP contribution >= 0.6 is 0 Å². The fourth-order valence-corrected chi connectivity index (χ4v) is 4.77. The number of H-pyrrole nitrogens is 1. The van der Waals surface area contributed by atoms with Crippen LogP contribution in [0.5, 0.6) is 11.5 Å². The highest BCUT2D eigenvalue weighted by molar-refractivity contribution is 5.98. The predicted molar refractivity (Wildman–Crippen MR) is 137 cm³/mol. The van der Waals surface area contributed by atoms with E-state index in [0.29, 0.717) is 66.6 Å². The van der Waals surface area contributed by atoms with Crippen LogP contribution in [0, 0.1) is 0 Å². The Balaban J connectivity index is 1.32. The number of fused-ring (bicyclic) bond motifs is 4. The first-order valence-electron chi connectivity index (χ1n) is 12.5. The Hall–Kier alpha value is -4.07. The van der Waals surface area contributed by atoms with E-state index in [-0.39, 0.29) is 12.2 Å². The first kappa shape index (κ1) is 24.3. The van der Waals surface area contributed by atoms with Gasteiger partial charge >= 0.3 is 0 Å². The highest BCUT2D eigenvalue weighted by Gasteiger charge is 2.22. The lowest BCUT2D eigenvalue weighted by atomic mass is 10.2. The van der Waals surface area contributed by atoms with Crippen LogP contribution in [0.15, 0.2) is 35.7 Å². The van der Waals surface area contributed by atoms with Crippen LogP contribution in [0.2, 0.25) is 0 Å². The number of pyridine rings is 1. The van der Waals surface area contributed by atoms with Crippen molar-refractivity contribution in [1.82, 2.24) is 29.4 Å². The van der Waals surface area contributed by atoms with Crippen LogP contribution < -0.4 is 20.4 Å². The second kappa shape index (κ2) is 10.4.